The molecule has 1 heterocycles. The van der Waals surface area contributed by atoms with Crippen molar-refractivity contribution < 1.29 is 12.8 Å². The van der Waals surface area contributed by atoms with Gasteiger partial charge in [-0.1, -0.05) is 0 Å². The van der Waals surface area contributed by atoms with Crippen molar-refractivity contribution in [2.75, 3.05) is 5.73 Å². The first kappa shape index (κ1) is 13.6. The second-order valence-corrected chi connectivity index (χ2v) is 6.09. The number of benzene rings is 1. The molecule has 0 radical (unpaired) electrons. The molecule has 0 fully saturated rings. The van der Waals surface area contributed by atoms with Gasteiger partial charge in [0.25, 0.3) is 0 Å². The lowest BCUT2D eigenvalue weighted by molar-refractivity contribution is 0.479. The van der Waals surface area contributed by atoms with Crippen LogP contribution in [0.3, 0.4) is 0 Å². The van der Waals surface area contributed by atoms with E-state index in [2.05, 4.69) is 4.72 Å². The lowest BCUT2D eigenvalue weighted by Crippen LogP contribution is -2.34. The number of hydrogen-bond donors (Lipinski definition) is 2. The molecular formula is C13H16N2O3S. The van der Waals surface area contributed by atoms with Crippen LogP contribution >= 0.6 is 0 Å². The molecule has 19 heavy (non-hydrogen) atoms. The van der Waals surface area contributed by atoms with Crippen LogP contribution in [0.15, 0.2) is 52.0 Å². The maximum atomic E-state index is 12.1. The first-order chi connectivity index (χ1) is 8.97. The van der Waals surface area contributed by atoms with Crippen molar-refractivity contribution in [1.82, 2.24) is 4.72 Å². The van der Waals surface area contributed by atoms with E-state index in [0.717, 1.165) is 5.76 Å². The van der Waals surface area contributed by atoms with E-state index in [1.54, 1.807) is 31.4 Å². The van der Waals surface area contributed by atoms with Gasteiger partial charge < -0.3 is 10.2 Å². The zero-order valence-corrected chi connectivity index (χ0v) is 11.4. The highest BCUT2D eigenvalue weighted by atomic mass is 32.2. The zero-order valence-electron chi connectivity index (χ0n) is 10.5. The largest absolute Gasteiger partial charge is 0.469 e. The predicted molar refractivity (Wildman–Crippen MR) is 73.0 cm³/mol. The summed E-state index contributed by atoms with van der Waals surface area (Å²) >= 11 is 0. The fraction of sp³-hybridized carbons (Fsp3) is 0.231. The number of nitrogens with two attached hydrogens (primary N) is 1. The summed E-state index contributed by atoms with van der Waals surface area (Å²) in [6.45, 7) is 1.79. The van der Waals surface area contributed by atoms with Crippen LogP contribution in [0.4, 0.5) is 5.69 Å². The number of hydrogen-bond acceptors (Lipinski definition) is 4. The molecule has 3 N–H and O–H groups in total. The normalized spacial score (nSPS) is 13.3. The SMILES string of the molecule is CC(Cc1ccco1)NS(=O)(=O)c1ccc(N)cc1. The van der Waals surface area contributed by atoms with Gasteiger partial charge in [-0.05, 0) is 43.3 Å². The van der Waals surface area contributed by atoms with E-state index in [-0.39, 0.29) is 10.9 Å². The summed E-state index contributed by atoms with van der Waals surface area (Å²) in [5.74, 6) is 0.743. The first-order valence-electron chi connectivity index (χ1n) is 5.87. The molecule has 0 saturated carbocycles. The highest BCUT2D eigenvalue weighted by Crippen LogP contribution is 2.13. The van der Waals surface area contributed by atoms with Crippen molar-refractivity contribution in [3.05, 3.63) is 48.4 Å². The van der Waals surface area contributed by atoms with Crippen molar-refractivity contribution in [3.63, 3.8) is 0 Å². The Kier molecular flexibility index (Phi) is 3.92. The molecule has 0 bridgehead atoms. The summed E-state index contributed by atoms with van der Waals surface area (Å²) in [7, 11) is -3.53. The Labute approximate surface area is 112 Å². The average molecular weight is 280 g/mol. The maximum Gasteiger partial charge on any atom is 0.240 e. The lowest BCUT2D eigenvalue weighted by Gasteiger charge is -2.13. The van der Waals surface area contributed by atoms with E-state index in [1.807, 2.05) is 6.07 Å². The molecule has 102 valence electrons. The molecule has 1 aromatic carbocycles. The molecule has 2 rings (SSSR count). The number of anilines is 1. The third-order valence-corrected chi connectivity index (χ3v) is 4.24. The van der Waals surface area contributed by atoms with E-state index in [9.17, 15) is 8.42 Å². The van der Waals surface area contributed by atoms with Gasteiger partial charge in [-0.2, -0.15) is 0 Å². The van der Waals surface area contributed by atoms with E-state index >= 15 is 0 Å². The van der Waals surface area contributed by atoms with E-state index < -0.39 is 10.0 Å². The second-order valence-electron chi connectivity index (χ2n) is 4.37. The van der Waals surface area contributed by atoms with Crippen LogP contribution in [0.5, 0.6) is 0 Å². The molecule has 0 spiro atoms. The Morgan fingerprint density at radius 2 is 1.95 bits per heavy atom. The van der Waals surface area contributed by atoms with E-state index in [0.29, 0.717) is 12.1 Å². The molecule has 6 heteroatoms. The Bertz CT molecular complexity index is 618. The van der Waals surface area contributed by atoms with Gasteiger partial charge >= 0.3 is 0 Å². The van der Waals surface area contributed by atoms with Crippen LogP contribution in [-0.2, 0) is 16.4 Å². The number of nitrogens with one attached hydrogen (secondary N) is 1. The molecule has 2 aromatic rings. The first-order valence-corrected chi connectivity index (χ1v) is 7.36. The van der Waals surface area contributed by atoms with Crippen LogP contribution in [0.25, 0.3) is 0 Å². The number of nitrogen functional groups attached to an aromatic ring is 1. The van der Waals surface area contributed by atoms with Crippen molar-refractivity contribution in [3.8, 4) is 0 Å². The van der Waals surface area contributed by atoms with Crippen LogP contribution < -0.4 is 10.5 Å². The minimum atomic E-state index is -3.53. The smallest absolute Gasteiger partial charge is 0.240 e. The summed E-state index contributed by atoms with van der Waals surface area (Å²) < 4.78 is 32.0. The standard InChI is InChI=1S/C13H16N2O3S/c1-10(9-12-3-2-8-18-12)15-19(16,17)13-6-4-11(14)5-7-13/h2-8,10,15H,9,14H2,1H3. The van der Waals surface area contributed by atoms with Crippen molar-refractivity contribution in [2.24, 2.45) is 0 Å². The third-order valence-electron chi connectivity index (χ3n) is 2.63. The Morgan fingerprint density at radius 1 is 1.26 bits per heavy atom. The summed E-state index contributed by atoms with van der Waals surface area (Å²) in [5, 5.41) is 0. The summed E-state index contributed by atoms with van der Waals surface area (Å²) in [4.78, 5) is 0.202. The molecule has 1 unspecified atom stereocenters. The fourth-order valence-electron chi connectivity index (χ4n) is 1.75. The molecular weight excluding hydrogens is 264 g/mol. The lowest BCUT2D eigenvalue weighted by atomic mass is 10.2. The summed E-state index contributed by atoms with van der Waals surface area (Å²) in [6.07, 6.45) is 2.07. The minimum absolute atomic E-state index is 0.202. The molecule has 5 nitrogen and oxygen atoms in total. The number of sulfonamides is 1. The van der Waals surface area contributed by atoms with Gasteiger partial charge in [-0.25, -0.2) is 13.1 Å². The van der Waals surface area contributed by atoms with Gasteiger partial charge in [0.05, 0.1) is 11.2 Å². The molecule has 0 aliphatic rings. The van der Waals surface area contributed by atoms with Gasteiger partial charge in [0.2, 0.25) is 10.0 Å². The summed E-state index contributed by atoms with van der Waals surface area (Å²) in [6, 6.07) is 9.42. The van der Waals surface area contributed by atoms with Crippen molar-refractivity contribution in [2.45, 2.75) is 24.3 Å². The monoisotopic (exact) mass is 280 g/mol. The highest BCUT2D eigenvalue weighted by Gasteiger charge is 2.17. The van der Waals surface area contributed by atoms with Gasteiger partial charge in [0, 0.05) is 18.2 Å². The van der Waals surface area contributed by atoms with E-state index in [4.69, 9.17) is 10.2 Å². The molecule has 1 aromatic heterocycles. The van der Waals surface area contributed by atoms with Crippen molar-refractivity contribution >= 4 is 15.7 Å². The quantitative estimate of drug-likeness (QED) is 0.817. The van der Waals surface area contributed by atoms with Gasteiger partial charge in [0.15, 0.2) is 0 Å². The number of rotatable bonds is 5. The predicted octanol–water partition coefficient (Wildman–Crippen LogP) is 1.77. The van der Waals surface area contributed by atoms with Gasteiger partial charge in [-0.3, -0.25) is 0 Å². The van der Waals surface area contributed by atoms with Gasteiger partial charge in [-0.15, -0.1) is 0 Å². The Hall–Kier alpha value is -1.79. The molecule has 0 aliphatic heterocycles. The van der Waals surface area contributed by atoms with Crippen molar-refractivity contribution in [1.29, 1.82) is 0 Å². The third kappa shape index (κ3) is 3.59. The van der Waals surface area contributed by atoms with Crippen LogP contribution in [0.2, 0.25) is 0 Å². The van der Waals surface area contributed by atoms with Crippen LogP contribution in [0.1, 0.15) is 12.7 Å². The average Bonchev–Trinajstić information content (AvgIpc) is 2.81. The topological polar surface area (TPSA) is 85.3 Å². The van der Waals surface area contributed by atoms with Gasteiger partial charge in [0.1, 0.15) is 5.76 Å². The summed E-state index contributed by atoms with van der Waals surface area (Å²) in [5.41, 5.74) is 6.06. The molecule has 0 aliphatic carbocycles. The maximum absolute atomic E-state index is 12.1. The zero-order chi connectivity index (χ0) is 13.9. The fourth-order valence-corrected chi connectivity index (χ4v) is 3.00. The van der Waals surface area contributed by atoms with E-state index in [1.165, 1.54) is 12.1 Å². The molecule has 1 atom stereocenters. The van der Waals surface area contributed by atoms with Crippen LogP contribution in [0, 0.1) is 0 Å². The highest BCUT2D eigenvalue weighted by molar-refractivity contribution is 7.89. The van der Waals surface area contributed by atoms with Crippen LogP contribution in [-0.4, -0.2) is 14.5 Å². The molecule has 0 saturated heterocycles. The second kappa shape index (κ2) is 5.46. The molecule has 0 amide bonds. The number of furan rings is 1. The Balaban J connectivity index is 2.06. The Morgan fingerprint density at radius 3 is 2.53 bits per heavy atom. The minimum Gasteiger partial charge on any atom is -0.469 e.